The topological polar surface area (TPSA) is 24.1 Å². The normalized spacial score (nSPS) is 12.0. The highest BCUT2D eigenvalue weighted by Gasteiger charge is 2.13. The Morgan fingerprint density at radius 3 is 2.03 bits per heavy atom. The first-order valence-corrected chi connectivity index (χ1v) is 13.1. The Kier molecular flexibility index (Phi) is 8.83. The van der Waals surface area contributed by atoms with Gasteiger partial charge in [0.25, 0.3) is 0 Å². The van der Waals surface area contributed by atoms with Gasteiger partial charge in [-0.05, 0) is 110 Å². The van der Waals surface area contributed by atoms with E-state index in [9.17, 15) is 0 Å². The summed E-state index contributed by atoms with van der Waals surface area (Å²) in [4.78, 5) is 0. The molecule has 0 saturated carbocycles. The van der Waals surface area contributed by atoms with Gasteiger partial charge in [-0.2, -0.15) is 0 Å². The summed E-state index contributed by atoms with van der Waals surface area (Å²) >= 11 is 0. The minimum atomic E-state index is 0.716. The summed E-state index contributed by atoms with van der Waals surface area (Å²) in [6.45, 7) is 22.9. The lowest BCUT2D eigenvalue weighted by Crippen LogP contribution is -2.19. The Morgan fingerprint density at radius 1 is 0.829 bits per heavy atom. The number of rotatable bonds is 10. The van der Waals surface area contributed by atoms with Gasteiger partial charge in [-0.3, -0.25) is 0 Å². The van der Waals surface area contributed by atoms with Crippen LogP contribution in [0.4, 0.5) is 5.69 Å². The van der Waals surface area contributed by atoms with E-state index < -0.39 is 0 Å². The SMILES string of the molecule is C=C(NCc1cc(C)c(-c2c(C)cc(C)cc2C)cc1C)Nc1ccc(CC(CC)C(C)C)cc1. The highest BCUT2D eigenvalue weighted by molar-refractivity contribution is 5.75. The third-order valence-corrected chi connectivity index (χ3v) is 7.34. The van der Waals surface area contributed by atoms with E-state index >= 15 is 0 Å². The number of aryl methyl sites for hydroxylation is 5. The Labute approximate surface area is 213 Å². The van der Waals surface area contributed by atoms with Gasteiger partial charge in [-0.25, -0.2) is 0 Å². The summed E-state index contributed by atoms with van der Waals surface area (Å²) in [5, 5.41) is 6.89. The molecule has 0 saturated heterocycles. The third-order valence-electron chi connectivity index (χ3n) is 7.34. The average Bonchev–Trinajstić information content (AvgIpc) is 2.78. The predicted molar refractivity (Wildman–Crippen MR) is 154 cm³/mol. The van der Waals surface area contributed by atoms with Crippen LogP contribution in [0.25, 0.3) is 11.1 Å². The largest absolute Gasteiger partial charge is 0.368 e. The Hall–Kier alpha value is -3.00. The first kappa shape index (κ1) is 26.6. The molecule has 3 aromatic rings. The van der Waals surface area contributed by atoms with Gasteiger partial charge in [0.2, 0.25) is 0 Å². The number of hydrogen-bond donors (Lipinski definition) is 2. The fourth-order valence-electron chi connectivity index (χ4n) is 5.24. The first-order valence-electron chi connectivity index (χ1n) is 13.1. The van der Waals surface area contributed by atoms with Crippen molar-refractivity contribution in [1.82, 2.24) is 5.32 Å². The highest BCUT2D eigenvalue weighted by Crippen LogP contribution is 2.33. The van der Waals surface area contributed by atoms with Gasteiger partial charge in [0, 0.05) is 12.2 Å². The molecule has 35 heavy (non-hydrogen) atoms. The van der Waals surface area contributed by atoms with Crippen LogP contribution in [0.15, 0.2) is 60.9 Å². The fourth-order valence-corrected chi connectivity index (χ4v) is 5.24. The zero-order valence-corrected chi connectivity index (χ0v) is 23.1. The van der Waals surface area contributed by atoms with Crippen molar-refractivity contribution >= 4 is 5.69 Å². The predicted octanol–water partition coefficient (Wildman–Crippen LogP) is 8.79. The van der Waals surface area contributed by atoms with Gasteiger partial charge in [0.15, 0.2) is 0 Å². The molecule has 0 bridgehead atoms. The van der Waals surface area contributed by atoms with Gasteiger partial charge in [-0.15, -0.1) is 0 Å². The second-order valence-corrected chi connectivity index (χ2v) is 10.6. The van der Waals surface area contributed by atoms with Gasteiger partial charge in [0.1, 0.15) is 0 Å². The second kappa shape index (κ2) is 11.6. The first-order chi connectivity index (χ1) is 16.6. The summed E-state index contributed by atoms with van der Waals surface area (Å²) in [6, 6.07) is 18.0. The molecule has 1 atom stereocenters. The lowest BCUT2D eigenvalue weighted by molar-refractivity contribution is 0.371. The Morgan fingerprint density at radius 2 is 1.46 bits per heavy atom. The van der Waals surface area contributed by atoms with E-state index in [-0.39, 0.29) is 0 Å². The zero-order valence-electron chi connectivity index (χ0n) is 23.1. The van der Waals surface area contributed by atoms with Crippen LogP contribution in [0.1, 0.15) is 66.1 Å². The molecule has 186 valence electrons. The van der Waals surface area contributed by atoms with E-state index in [1.807, 2.05) is 0 Å². The molecule has 2 N–H and O–H groups in total. The molecule has 1 unspecified atom stereocenters. The lowest BCUT2D eigenvalue weighted by atomic mass is 9.87. The lowest BCUT2D eigenvalue weighted by Gasteiger charge is -2.19. The number of hydrogen-bond acceptors (Lipinski definition) is 2. The third kappa shape index (κ3) is 6.78. The molecule has 0 aliphatic heterocycles. The van der Waals surface area contributed by atoms with E-state index in [1.165, 1.54) is 56.5 Å². The van der Waals surface area contributed by atoms with E-state index in [0.29, 0.717) is 5.92 Å². The van der Waals surface area contributed by atoms with Crippen molar-refractivity contribution in [2.24, 2.45) is 11.8 Å². The van der Waals surface area contributed by atoms with Crippen molar-refractivity contribution in [3.63, 3.8) is 0 Å². The van der Waals surface area contributed by atoms with E-state index in [1.54, 1.807) is 0 Å². The molecule has 3 aromatic carbocycles. The minimum Gasteiger partial charge on any atom is -0.368 e. The number of nitrogens with one attached hydrogen (secondary N) is 2. The van der Waals surface area contributed by atoms with E-state index in [0.717, 1.165) is 30.4 Å². The molecule has 0 aliphatic rings. The maximum absolute atomic E-state index is 4.20. The van der Waals surface area contributed by atoms with Gasteiger partial charge < -0.3 is 10.6 Å². The molecule has 2 heteroatoms. The van der Waals surface area contributed by atoms with Crippen LogP contribution in [0.5, 0.6) is 0 Å². The number of benzene rings is 3. The van der Waals surface area contributed by atoms with Crippen LogP contribution in [0, 0.1) is 46.5 Å². The van der Waals surface area contributed by atoms with Gasteiger partial charge in [0.05, 0.1) is 5.82 Å². The molecule has 0 spiro atoms. The molecule has 0 aliphatic carbocycles. The Balaban J connectivity index is 1.64. The number of anilines is 1. The molecule has 0 heterocycles. The molecule has 0 amide bonds. The summed E-state index contributed by atoms with van der Waals surface area (Å²) in [7, 11) is 0. The van der Waals surface area contributed by atoms with Crippen LogP contribution >= 0.6 is 0 Å². The summed E-state index contributed by atoms with van der Waals surface area (Å²) < 4.78 is 0. The highest BCUT2D eigenvalue weighted by atomic mass is 15.1. The maximum atomic E-state index is 4.20. The standard InChI is InChI=1S/C33H44N2/c1-10-29(21(2)3)19-28-11-13-31(14-12-28)35-27(9)34-20-30-17-24(6)32(18-23(30)5)33-25(7)15-22(4)16-26(33)8/h11-18,21,29,34-35H,9-10,19-20H2,1-8H3. The zero-order chi connectivity index (χ0) is 25.7. The van der Waals surface area contributed by atoms with Gasteiger partial charge in [-0.1, -0.05) is 75.7 Å². The molecular weight excluding hydrogens is 424 g/mol. The van der Waals surface area contributed by atoms with Crippen LogP contribution in [-0.2, 0) is 13.0 Å². The summed E-state index contributed by atoms with van der Waals surface area (Å²) in [5.41, 5.74) is 13.1. The molecule has 0 radical (unpaired) electrons. The van der Waals surface area contributed by atoms with Crippen molar-refractivity contribution in [2.45, 2.75) is 74.8 Å². The van der Waals surface area contributed by atoms with Crippen LogP contribution in [0.3, 0.4) is 0 Å². The second-order valence-electron chi connectivity index (χ2n) is 10.6. The average molecular weight is 469 g/mol. The molecular formula is C33H44N2. The van der Waals surface area contributed by atoms with Crippen molar-refractivity contribution in [3.8, 4) is 11.1 Å². The Bertz CT molecular complexity index is 1150. The minimum absolute atomic E-state index is 0.716. The molecule has 0 aromatic heterocycles. The monoisotopic (exact) mass is 468 g/mol. The van der Waals surface area contributed by atoms with Crippen LogP contribution < -0.4 is 10.6 Å². The van der Waals surface area contributed by atoms with Gasteiger partial charge >= 0.3 is 0 Å². The maximum Gasteiger partial charge on any atom is 0.0959 e. The van der Waals surface area contributed by atoms with Crippen LogP contribution in [0.2, 0.25) is 0 Å². The molecule has 2 nitrogen and oxygen atoms in total. The van der Waals surface area contributed by atoms with Crippen molar-refractivity contribution in [1.29, 1.82) is 0 Å². The molecule has 0 fully saturated rings. The van der Waals surface area contributed by atoms with E-state index in [4.69, 9.17) is 0 Å². The van der Waals surface area contributed by atoms with Crippen molar-refractivity contribution in [3.05, 3.63) is 99.9 Å². The fraction of sp³-hybridized carbons (Fsp3) is 0.394. The quantitative estimate of drug-likeness (QED) is 0.311. The van der Waals surface area contributed by atoms with Crippen LogP contribution in [-0.4, -0.2) is 0 Å². The summed E-state index contributed by atoms with van der Waals surface area (Å²) in [5.74, 6) is 2.27. The smallest absolute Gasteiger partial charge is 0.0959 e. The van der Waals surface area contributed by atoms with Crippen molar-refractivity contribution in [2.75, 3.05) is 5.32 Å². The summed E-state index contributed by atoms with van der Waals surface area (Å²) in [6.07, 6.45) is 2.37. The van der Waals surface area contributed by atoms with Crippen molar-refractivity contribution < 1.29 is 0 Å². The molecule has 3 rings (SSSR count). The van der Waals surface area contributed by atoms with E-state index in [2.05, 4.69) is 121 Å².